The average molecular weight is 489 g/mol. The highest BCUT2D eigenvalue weighted by atomic mass is 16.5. The first kappa shape index (κ1) is 22.8. The van der Waals surface area contributed by atoms with Crippen LogP contribution in [0.4, 0.5) is 11.4 Å². The lowest BCUT2D eigenvalue weighted by atomic mass is 9.81. The number of benzene rings is 2. The molecule has 36 heavy (non-hydrogen) atoms. The van der Waals surface area contributed by atoms with E-state index in [0.717, 1.165) is 25.0 Å². The first-order valence-electron chi connectivity index (χ1n) is 12.7. The molecule has 2 aliphatic heterocycles. The first-order chi connectivity index (χ1) is 17.4. The summed E-state index contributed by atoms with van der Waals surface area (Å²) in [6.07, 6.45) is 3.14. The predicted molar refractivity (Wildman–Crippen MR) is 130 cm³/mol. The second-order valence-corrected chi connectivity index (χ2v) is 10.1. The molecule has 2 aliphatic carbocycles. The fraction of sp³-hybridized carbons (Fsp3) is 0.429. The van der Waals surface area contributed by atoms with Gasteiger partial charge < -0.3 is 14.4 Å². The average Bonchev–Trinajstić information content (AvgIpc) is 3.64. The molecule has 5 atom stereocenters. The van der Waals surface area contributed by atoms with E-state index in [1.54, 1.807) is 53.4 Å². The molecule has 2 saturated heterocycles. The largest absolute Gasteiger partial charge is 0.494 e. The van der Waals surface area contributed by atoms with E-state index in [9.17, 15) is 19.2 Å². The fourth-order valence-electron chi connectivity index (χ4n) is 6.53. The third kappa shape index (κ3) is 3.67. The van der Waals surface area contributed by atoms with Crippen molar-refractivity contribution in [3.8, 4) is 11.5 Å². The van der Waals surface area contributed by atoms with Gasteiger partial charge in [0.15, 0.2) is 0 Å². The number of imide groups is 1. The van der Waals surface area contributed by atoms with Crippen LogP contribution >= 0.6 is 0 Å². The number of hydrogen-bond donors (Lipinski definition) is 0. The Hall–Kier alpha value is -3.68. The van der Waals surface area contributed by atoms with Crippen molar-refractivity contribution in [3.05, 3.63) is 48.5 Å². The molecule has 4 fully saturated rings. The highest BCUT2D eigenvalue weighted by molar-refractivity contribution is 6.22. The van der Waals surface area contributed by atoms with Crippen LogP contribution in [0.1, 0.15) is 32.6 Å². The van der Waals surface area contributed by atoms with E-state index in [2.05, 4.69) is 0 Å². The van der Waals surface area contributed by atoms with Gasteiger partial charge in [0.05, 0.1) is 30.0 Å². The Balaban J connectivity index is 1.10. The first-order valence-corrected chi connectivity index (χ1v) is 12.7. The maximum absolute atomic E-state index is 13.0. The molecule has 0 aromatic heterocycles. The SMILES string of the molecule is CCOc1ccc(N2C[C@@H](C(=O)Oc3ccc(N4C(=O)[C@@H]5[C@H]6CC[C@@H](C6)[C@@H]5C4=O)cc3)CC2=O)cc1. The van der Waals surface area contributed by atoms with Crippen LogP contribution < -0.4 is 19.3 Å². The van der Waals surface area contributed by atoms with E-state index in [1.807, 2.05) is 6.92 Å². The van der Waals surface area contributed by atoms with Crippen molar-refractivity contribution in [1.29, 1.82) is 0 Å². The maximum atomic E-state index is 13.0. The molecular weight excluding hydrogens is 460 g/mol. The van der Waals surface area contributed by atoms with Crippen LogP contribution in [-0.4, -0.2) is 36.8 Å². The quantitative estimate of drug-likeness (QED) is 0.351. The Morgan fingerprint density at radius 2 is 1.44 bits per heavy atom. The molecule has 2 aromatic rings. The van der Waals surface area contributed by atoms with Crippen molar-refractivity contribution in [1.82, 2.24) is 0 Å². The van der Waals surface area contributed by atoms with Crippen molar-refractivity contribution in [2.75, 3.05) is 23.0 Å². The van der Waals surface area contributed by atoms with Crippen LogP contribution in [-0.2, 0) is 19.2 Å². The van der Waals surface area contributed by atoms with E-state index in [-0.39, 0.29) is 42.5 Å². The number of amides is 3. The zero-order valence-corrected chi connectivity index (χ0v) is 20.1. The number of carbonyl (C=O) groups excluding carboxylic acids is 4. The van der Waals surface area contributed by atoms with Crippen LogP contribution in [0.25, 0.3) is 0 Å². The monoisotopic (exact) mass is 488 g/mol. The van der Waals surface area contributed by atoms with Gasteiger partial charge in [0.25, 0.3) is 0 Å². The number of nitrogens with zero attached hydrogens (tertiary/aromatic N) is 2. The molecular formula is C28H28N2O6. The third-order valence-electron chi connectivity index (χ3n) is 8.16. The predicted octanol–water partition coefficient (Wildman–Crippen LogP) is 3.58. The molecule has 8 heteroatoms. The van der Waals surface area contributed by atoms with E-state index in [4.69, 9.17) is 9.47 Å². The second-order valence-electron chi connectivity index (χ2n) is 10.1. The smallest absolute Gasteiger partial charge is 0.316 e. The van der Waals surface area contributed by atoms with Gasteiger partial charge in [0.1, 0.15) is 11.5 Å². The van der Waals surface area contributed by atoms with Crippen LogP contribution in [0.3, 0.4) is 0 Å². The highest BCUT2D eigenvalue weighted by Gasteiger charge is 2.61. The minimum atomic E-state index is -0.583. The Labute approximate surface area is 209 Å². The summed E-state index contributed by atoms with van der Waals surface area (Å²) in [5.41, 5.74) is 1.22. The van der Waals surface area contributed by atoms with Crippen molar-refractivity contribution in [2.45, 2.75) is 32.6 Å². The summed E-state index contributed by atoms with van der Waals surface area (Å²) in [6.45, 7) is 2.70. The summed E-state index contributed by atoms with van der Waals surface area (Å²) < 4.78 is 11.0. The third-order valence-corrected chi connectivity index (χ3v) is 8.16. The minimum Gasteiger partial charge on any atom is -0.494 e. The molecule has 2 heterocycles. The summed E-state index contributed by atoms with van der Waals surface area (Å²) in [4.78, 5) is 54.3. The summed E-state index contributed by atoms with van der Waals surface area (Å²) in [6, 6.07) is 13.7. The number of carbonyl (C=O) groups is 4. The molecule has 0 spiro atoms. The van der Waals surface area contributed by atoms with Crippen LogP contribution in [0.15, 0.2) is 48.5 Å². The molecule has 3 amide bonds. The van der Waals surface area contributed by atoms with Gasteiger partial charge in [0, 0.05) is 18.7 Å². The van der Waals surface area contributed by atoms with Gasteiger partial charge in [-0.1, -0.05) is 0 Å². The summed E-state index contributed by atoms with van der Waals surface area (Å²) in [5.74, 6) is -0.0434. The number of anilines is 2. The Morgan fingerprint density at radius 3 is 2.06 bits per heavy atom. The number of rotatable bonds is 6. The molecule has 8 nitrogen and oxygen atoms in total. The lowest BCUT2D eigenvalue weighted by Crippen LogP contribution is -2.32. The Kier molecular flexibility index (Phi) is 5.54. The molecule has 4 aliphatic rings. The summed E-state index contributed by atoms with van der Waals surface area (Å²) in [7, 11) is 0. The van der Waals surface area contributed by atoms with Gasteiger partial charge in [-0.2, -0.15) is 0 Å². The lowest BCUT2D eigenvalue weighted by Gasteiger charge is -2.19. The molecule has 6 rings (SSSR count). The van der Waals surface area contributed by atoms with Gasteiger partial charge in [-0.05, 0) is 86.6 Å². The molecule has 2 saturated carbocycles. The topological polar surface area (TPSA) is 93.2 Å². The summed E-state index contributed by atoms with van der Waals surface area (Å²) >= 11 is 0. The van der Waals surface area contributed by atoms with E-state index < -0.39 is 11.9 Å². The molecule has 2 bridgehead atoms. The van der Waals surface area contributed by atoms with Gasteiger partial charge in [0.2, 0.25) is 17.7 Å². The van der Waals surface area contributed by atoms with Crippen LogP contribution in [0.5, 0.6) is 11.5 Å². The van der Waals surface area contributed by atoms with E-state index >= 15 is 0 Å². The molecule has 0 unspecified atom stereocenters. The molecule has 2 aromatic carbocycles. The number of esters is 1. The van der Waals surface area contributed by atoms with Crippen molar-refractivity contribution in [3.63, 3.8) is 0 Å². The zero-order chi connectivity index (χ0) is 25.0. The normalized spacial score (nSPS) is 28.7. The summed E-state index contributed by atoms with van der Waals surface area (Å²) in [5, 5.41) is 0. The van der Waals surface area contributed by atoms with Crippen LogP contribution in [0, 0.1) is 29.6 Å². The van der Waals surface area contributed by atoms with Gasteiger partial charge in [-0.25, -0.2) is 0 Å². The lowest BCUT2D eigenvalue weighted by molar-refractivity contribution is -0.139. The Bertz CT molecular complexity index is 1200. The molecule has 186 valence electrons. The highest BCUT2D eigenvalue weighted by Crippen LogP contribution is 2.56. The molecule has 0 N–H and O–H groups in total. The van der Waals surface area contributed by atoms with Crippen molar-refractivity contribution < 1.29 is 28.7 Å². The second kappa shape index (κ2) is 8.76. The van der Waals surface area contributed by atoms with Crippen LogP contribution in [0.2, 0.25) is 0 Å². The van der Waals surface area contributed by atoms with Gasteiger partial charge in [-0.3, -0.25) is 24.1 Å². The van der Waals surface area contributed by atoms with Gasteiger partial charge in [-0.15, -0.1) is 0 Å². The van der Waals surface area contributed by atoms with E-state index in [0.29, 0.717) is 35.6 Å². The van der Waals surface area contributed by atoms with Crippen molar-refractivity contribution in [2.24, 2.45) is 29.6 Å². The number of hydrogen-bond acceptors (Lipinski definition) is 6. The Morgan fingerprint density at radius 1 is 0.861 bits per heavy atom. The number of fused-ring (bicyclic) bond motifs is 5. The zero-order valence-electron chi connectivity index (χ0n) is 20.1. The molecule has 0 radical (unpaired) electrons. The number of ether oxygens (including phenoxy) is 2. The fourth-order valence-corrected chi connectivity index (χ4v) is 6.53. The van der Waals surface area contributed by atoms with E-state index in [1.165, 1.54) is 4.90 Å². The minimum absolute atomic E-state index is 0.0754. The van der Waals surface area contributed by atoms with Crippen molar-refractivity contribution >= 4 is 35.1 Å². The standard InChI is InChI=1S/C28H28N2O6/c1-2-35-21-9-5-19(6-10-21)29-15-18(14-23(29)31)28(34)36-22-11-7-20(8-12-22)30-26(32)24-16-3-4-17(13-16)25(24)27(30)33/h5-12,16-18,24-25H,2-4,13-15H2,1H3/t16-,17-,18-,24-,25+/m0/s1. The maximum Gasteiger partial charge on any atom is 0.316 e. The van der Waals surface area contributed by atoms with Gasteiger partial charge >= 0.3 is 5.97 Å².